The maximum atomic E-state index is 6.46. The second kappa shape index (κ2) is 9.41. The van der Waals surface area contributed by atoms with E-state index < -0.39 is 0 Å². The van der Waals surface area contributed by atoms with Crippen molar-refractivity contribution in [3.63, 3.8) is 0 Å². The number of halogens is 1. The van der Waals surface area contributed by atoms with Crippen LogP contribution >= 0.6 is 11.6 Å². The summed E-state index contributed by atoms with van der Waals surface area (Å²) in [5, 5.41) is 7.05. The molecular weight excluding hydrogens is 322 g/mol. The highest BCUT2D eigenvalue weighted by Crippen LogP contribution is 2.29. The van der Waals surface area contributed by atoms with Gasteiger partial charge < -0.3 is 20.4 Å². The van der Waals surface area contributed by atoms with Crippen LogP contribution in [0.25, 0.3) is 0 Å². The molecule has 0 bridgehead atoms. The van der Waals surface area contributed by atoms with E-state index in [1.807, 2.05) is 19.1 Å². The van der Waals surface area contributed by atoms with Gasteiger partial charge in [-0.3, -0.25) is 0 Å². The fourth-order valence-electron chi connectivity index (χ4n) is 2.68. The van der Waals surface area contributed by atoms with Gasteiger partial charge in [0, 0.05) is 49.0 Å². The van der Waals surface area contributed by atoms with Gasteiger partial charge in [-0.1, -0.05) is 23.6 Å². The van der Waals surface area contributed by atoms with Gasteiger partial charge in [0.25, 0.3) is 0 Å². The maximum Gasteiger partial charge on any atom is 0.192 e. The Hall–Kier alpha value is -1.90. The second-order valence-electron chi connectivity index (χ2n) is 5.78. The van der Waals surface area contributed by atoms with Crippen LogP contribution in [0.5, 0.6) is 0 Å². The zero-order valence-electron chi connectivity index (χ0n) is 14.5. The summed E-state index contributed by atoms with van der Waals surface area (Å²) in [6, 6.07) is 6.06. The number of guanidine groups is 1. The van der Waals surface area contributed by atoms with E-state index in [2.05, 4.69) is 44.5 Å². The van der Waals surface area contributed by atoms with Gasteiger partial charge in [0.05, 0.1) is 13.1 Å². The minimum absolute atomic E-state index is 0.444. The van der Waals surface area contributed by atoms with Crippen molar-refractivity contribution >= 4 is 23.2 Å². The van der Waals surface area contributed by atoms with Gasteiger partial charge in [0.15, 0.2) is 5.96 Å². The van der Waals surface area contributed by atoms with Crippen LogP contribution in [0.15, 0.2) is 23.2 Å². The molecule has 0 amide bonds. The number of nitrogens with zero attached hydrogens (tertiary/aromatic N) is 3. The summed E-state index contributed by atoms with van der Waals surface area (Å²) in [4.78, 5) is 9.36. The number of benzene rings is 1. The zero-order chi connectivity index (χ0) is 17.4. The SMILES string of the molecule is C#CCNC(=NCc1c(Cl)cccc1N1CCN(C)CC1)NCC. The lowest BCUT2D eigenvalue weighted by molar-refractivity contribution is 0.312. The molecule has 1 saturated heterocycles. The lowest BCUT2D eigenvalue weighted by Crippen LogP contribution is -2.44. The van der Waals surface area contributed by atoms with Crippen molar-refractivity contribution in [2.45, 2.75) is 13.5 Å². The molecule has 0 unspecified atom stereocenters. The fraction of sp³-hybridized carbons (Fsp3) is 0.500. The van der Waals surface area contributed by atoms with Gasteiger partial charge in [-0.15, -0.1) is 6.42 Å². The topological polar surface area (TPSA) is 42.9 Å². The molecule has 1 aromatic rings. The average Bonchev–Trinajstić information content (AvgIpc) is 2.59. The Bertz CT molecular complexity index is 600. The second-order valence-corrected chi connectivity index (χ2v) is 6.19. The van der Waals surface area contributed by atoms with E-state index in [0.717, 1.165) is 43.3 Å². The van der Waals surface area contributed by atoms with Crippen LogP contribution in [0.3, 0.4) is 0 Å². The summed E-state index contributed by atoms with van der Waals surface area (Å²) >= 11 is 6.46. The number of nitrogens with one attached hydrogen (secondary N) is 2. The largest absolute Gasteiger partial charge is 0.369 e. The van der Waals surface area contributed by atoms with Crippen molar-refractivity contribution in [3.05, 3.63) is 28.8 Å². The molecule has 1 aliphatic heterocycles. The van der Waals surface area contributed by atoms with Crippen molar-refractivity contribution in [1.29, 1.82) is 0 Å². The summed E-state index contributed by atoms with van der Waals surface area (Å²) in [5.74, 6) is 3.27. The van der Waals surface area contributed by atoms with Crippen LogP contribution in [0.2, 0.25) is 5.02 Å². The van der Waals surface area contributed by atoms with Gasteiger partial charge in [0.1, 0.15) is 0 Å². The van der Waals surface area contributed by atoms with Crippen molar-refractivity contribution in [1.82, 2.24) is 15.5 Å². The molecule has 0 saturated carbocycles. The highest BCUT2D eigenvalue weighted by atomic mass is 35.5. The van der Waals surface area contributed by atoms with Gasteiger partial charge in [0.2, 0.25) is 0 Å². The number of piperazine rings is 1. The fourth-order valence-corrected chi connectivity index (χ4v) is 2.91. The summed E-state index contributed by atoms with van der Waals surface area (Å²) in [6.07, 6.45) is 5.31. The van der Waals surface area contributed by atoms with E-state index in [0.29, 0.717) is 19.0 Å². The summed E-state index contributed by atoms with van der Waals surface area (Å²) in [7, 11) is 2.15. The molecule has 0 aromatic heterocycles. The third-order valence-corrected chi connectivity index (χ3v) is 4.39. The average molecular weight is 348 g/mol. The molecule has 1 heterocycles. The Labute approximate surface area is 150 Å². The Morgan fingerprint density at radius 1 is 1.29 bits per heavy atom. The lowest BCUT2D eigenvalue weighted by atomic mass is 10.1. The number of aliphatic imine (C=N–C) groups is 1. The Kier molecular flexibility index (Phi) is 7.23. The van der Waals surface area contributed by atoms with E-state index in [9.17, 15) is 0 Å². The number of anilines is 1. The monoisotopic (exact) mass is 347 g/mol. The van der Waals surface area contributed by atoms with Crippen LogP contribution in [0.1, 0.15) is 12.5 Å². The molecule has 1 aliphatic rings. The molecule has 130 valence electrons. The van der Waals surface area contributed by atoms with Gasteiger partial charge >= 0.3 is 0 Å². The summed E-state index contributed by atoms with van der Waals surface area (Å²) < 4.78 is 0. The van der Waals surface area contributed by atoms with E-state index in [4.69, 9.17) is 18.0 Å². The first kappa shape index (κ1) is 18.4. The molecule has 2 rings (SSSR count). The van der Waals surface area contributed by atoms with Crippen molar-refractivity contribution in [3.8, 4) is 12.3 Å². The third-order valence-electron chi connectivity index (χ3n) is 4.04. The first-order valence-electron chi connectivity index (χ1n) is 8.32. The maximum absolute atomic E-state index is 6.46. The highest BCUT2D eigenvalue weighted by molar-refractivity contribution is 6.31. The molecule has 0 spiro atoms. The first-order chi connectivity index (χ1) is 11.7. The Morgan fingerprint density at radius 3 is 2.71 bits per heavy atom. The van der Waals surface area contributed by atoms with E-state index in [1.54, 1.807) is 0 Å². The quantitative estimate of drug-likeness (QED) is 0.484. The molecule has 1 aromatic carbocycles. The Balaban J connectivity index is 2.18. The van der Waals surface area contributed by atoms with Crippen molar-refractivity contribution in [2.75, 3.05) is 51.2 Å². The number of likely N-dealkylation sites (N-methyl/N-ethyl adjacent to an activating group) is 1. The van der Waals surface area contributed by atoms with Crippen LogP contribution in [0.4, 0.5) is 5.69 Å². The molecule has 24 heavy (non-hydrogen) atoms. The summed E-state index contributed by atoms with van der Waals surface area (Å²) in [5.41, 5.74) is 2.23. The van der Waals surface area contributed by atoms with Crippen molar-refractivity contribution in [2.24, 2.45) is 4.99 Å². The van der Waals surface area contributed by atoms with Gasteiger partial charge in [-0.25, -0.2) is 4.99 Å². The molecule has 5 nitrogen and oxygen atoms in total. The van der Waals surface area contributed by atoms with Crippen LogP contribution in [0, 0.1) is 12.3 Å². The molecule has 6 heteroatoms. The van der Waals surface area contributed by atoms with Crippen LogP contribution < -0.4 is 15.5 Å². The zero-order valence-corrected chi connectivity index (χ0v) is 15.2. The molecule has 0 atom stereocenters. The summed E-state index contributed by atoms with van der Waals surface area (Å²) in [6.45, 7) is 7.89. The molecule has 0 aliphatic carbocycles. The first-order valence-corrected chi connectivity index (χ1v) is 8.70. The predicted octanol–water partition coefficient (Wildman–Crippen LogP) is 1.78. The lowest BCUT2D eigenvalue weighted by Gasteiger charge is -2.35. The molecule has 2 N–H and O–H groups in total. The van der Waals surface area contributed by atoms with Crippen LogP contribution in [-0.2, 0) is 6.54 Å². The van der Waals surface area contributed by atoms with Gasteiger partial charge in [-0.2, -0.15) is 0 Å². The van der Waals surface area contributed by atoms with Crippen LogP contribution in [-0.4, -0.2) is 57.2 Å². The molecule has 1 fully saturated rings. The third kappa shape index (κ3) is 5.05. The minimum atomic E-state index is 0.444. The number of hydrogen-bond acceptors (Lipinski definition) is 3. The molecule has 0 radical (unpaired) electrons. The van der Waals surface area contributed by atoms with E-state index in [1.165, 1.54) is 5.69 Å². The van der Waals surface area contributed by atoms with Gasteiger partial charge in [-0.05, 0) is 26.1 Å². The normalized spacial score (nSPS) is 15.9. The van der Waals surface area contributed by atoms with Crippen molar-refractivity contribution < 1.29 is 0 Å². The Morgan fingerprint density at radius 2 is 2.04 bits per heavy atom. The minimum Gasteiger partial charge on any atom is -0.369 e. The highest BCUT2D eigenvalue weighted by Gasteiger charge is 2.18. The predicted molar refractivity (Wildman–Crippen MR) is 103 cm³/mol. The smallest absolute Gasteiger partial charge is 0.192 e. The number of rotatable bonds is 5. The number of terminal acetylenes is 1. The molecular formula is C18H26ClN5. The standard InChI is InChI=1S/C18H26ClN5/c1-4-9-21-18(20-5-2)22-14-15-16(19)7-6-8-17(15)24-12-10-23(3)11-13-24/h1,6-8H,5,9-14H2,2-3H3,(H2,20,21,22). The number of hydrogen-bond donors (Lipinski definition) is 2. The van der Waals surface area contributed by atoms with E-state index in [-0.39, 0.29) is 0 Å². The van der Waals surface area contributed by atoms with E-state index >= 15 is 0 Å².